The van der Waals surface area contributed by atoms with Gasteiger partial charge in [0.2, 0.25) is 5.91 Å². The first kappa shape index (κ1) is 15.3. The molecule has 3 rings (SSSR count). The number of hydrogen-bond donors (Lipinski definition) is 2. The number of imidazole rings is 1. The minimum absolute atomic E-state index is 0. The summed E-state index contributed by atoms with van der Waals surface area (Å²) in [6, 6.07) is 0.612. The van der Waals surface area contributed by atoms with Gasteiger partial charge in [-0.1, -0.05) is 0 Å². The highest BCUT2D eigenvalue weighted by molar-refractivity contribution is 5.85. The second-order valence-corrected chi connectivity index (χ2v) is 5.43. The van der Waals surface area contributed by atoms with Crippen LogP contribution in [0.1, 0.15) is 24.7 Å². The van der Waals surface area contributed by atoms with Gasteiger partial charge in [-0.05, 0) is 12.8 Å². The average molecular weight is 300 g/mol. The van der Waals surface area contributed by atoms with E-state index < -0.39 is 0 Å². The Balaban J connectivity index is 0.00000147. The van der Waals surface area contributed by atoms with Gasteiger partial charge in [-0.2, -0.15) is 0 Å². The van der Waals surface area contributed by atoms with E-state index in [0.29, 0.717) is 12.6 Å². The second kappa shape index (κ2) is 6.56. The number of piperazine rings is 1. The fourth-order valence-electron chi connectivity index (χ4n) is 2.57. The van der Waals surface area contributed by atoms with E-state index in [1.807, 2.05) is 24.0 Å². The van der Waals surface area contributed by atoms with Crippen LogP contribution in [-0.2, 0) is 11.8 Å². The molecule has 1 aliphatic heterocycles. The lowest BCUT2D eigenvalue weighted by Crippen LogP contribution is -2.50. The van der Waals surface area contributed by atoms with Crippen molar-refractivity contribution in [1.82, 2.24) is 25.1 Å². The molecule has 6 nitrogen and oxygen atoms in total. The largest absolute Gasteiger partial charge is 0.352 e. The Morgan fingerprint density at radius 3 is 3.00 bits per heavy atom. The van der Waals surface area contributed by atoms with E-state index in [-0.39, 0.29) is 24.4 Å². The number of carbonyl (C=O) groups excluding carboxylic acids is 1. The van der Waals surface area contributed by atoms with Gasteiger partial charge in [-0.15, -0.1) is 12.4 Å². The Morgan fingerprint density at radius 1 is 1.55 bits per heavy atom. The molecular formula is C13H22ClN5O. The number of carbonyl (C=O) groups is 1. The molecule has 7 heteroatoms. The molecular weight excluding hydrogens is 278 g/mol. The minimum Gasteiger partial charge on any atom is -0.352 e. The predicted octanol–water partition coefficient (Wildman–Crippen LogP) is 0.0668. The van der Waals surface area contributed by atoms with Gasteiger partial charge in [-0.25, -0.2) is 4.98 Å². The van der Waals surface area contributed by atoms with Crippen LogP contribution in [0, 0.1) is 0 Å². The van der Waals surface area contributed by atoms with Crippen molar-refractivity contribution >= 4 is 18.3 Å². The van der Waals surface area contributed by atoms with Crippen LogP contribution in [0.15, 0.2) is 12.4 Å². The molecule has 1 aromatic rings. The zero-order valence-electron chi connectivity index (χ0n) is 11.7. The molecule has 20 heavy (non-hydrogen) atoms. The number of nitrogens with one attached hydrogen (secondary N) is 2. The van der Waals surface area contributed by atoms with Gasteiger partial charge in [0.15, 0.2) is 0 Å². The summed E-state index contributed by atoms with van der Waals surface area (Å²) in [5.74, 6) is 1.16. The quantitative estimate of drug-likeness (QED) is 0.826. The van der Waals surface area contributed by atoms with Crippen LogP contribution in [0.3, 0.4) is 0 Å². The third kappa shape index (κ3) is 3.50. The lowest BCUT2D eigenvalue weighted by molar-refractivity contribution is -0.123. The van der Waals surface area contributed by atoms with Crippen molar-refractivity contribution in [3.8, 4) is 0 Å². The summed E-state index contributed by atoms with van der Waals surface area (Å²) in [5, 5.41) is 6.43. The highest BCUT2D eigenvalue weighted by atomic mass is 35.5. The molecule has 0 radical (unpaired) electrons. The second-order valence-electron chi connectivity index (χ2n) is 5.43. The van der Waals surface area contributed by atoms with Gasteiger partial charge in [0.05, 0.1) is 12.6 Å². The van der Waals surface area contributed by atoms with Crippen LogP contribution < -0.4 is 10.6 Å². The maximum Gasteiger partial charge on any atom is 0.234 e. The van der Waals surface area contributed by atoms with E-state index >= 15 is 0 Å². The van der Waals surface area contributed by atoms with Crippen LogP contribution >= 0.6 is 12.4 Å². The molecule has 2 aliphatic rings. The highest BCUT2D eigenvalue weighted by Gasteiger charge is 2.30. The van der Waals surface area contributed by atoms with Crippen molar-refractivity contribution < 1.29 is 4.79 Å². The first-order valence-electron chi connectivity index (χ1n) is 6.95. The summed E-state index contributed by atoms with van der Waals surface area (Å²) in [5.41, 5.74) is 0. The van der Waals surface area contributed by atoms with Crippen molar-refractivity contribution in [3.05, 3.63) is 18.2 Å². The highest BCUT2D eigenvalue weighted by Crippen LogP contribution is 2.21. The van der Waals surface area contributed by atoms with Gasteiger partial charge in [-0.3, -0.25) is 9.69 Å². The van der Waals surface area contributed by atoms with Crippen LogP contribution in [-0.4, -0.2) is 52.6 Å². The number of aryl methyl sites for hydroxylation is 1. The van der Waals surface area contributed by atoms with E-state index in [1.165, 1.54) is 0 Å². The summed E-state index contributed by atoms with van der Waals surface area (Å²) in [7, 11) is 2.00. The molecule has 2 N–H and O–H groups in total. The molecule has 0 aromatic carbocycles. The predicted molar refractivity (Wildman–Crippen MR) is 78.8 cm³/mol. The molecule has 1 unspecified atom stereocenters. The Hall–Kier alpha value is -1.11. The molecule has 1 aliphatic carbocycles. The molecule has 112 valence electrons. The van der Waals surface area contributed by atoms with Gasteiger partial charge >= 0.3 is 0 Å². The fraction of sp³-hybridized carbons (Fsp3) is 0.692. The number of nitrogens with zero attached hydrogens (tertiary/aromatic N) is 3. The summed E-state index contributed by atoms with van der Waals surface area (Å²) in [4.78, 5) is 18.6. The lowest BCUT2D eigenvalue weighted by Gasteiger charge is -2.35. The van der Waals surface area contributed by atoms with Gasteiger partial charge in [0, 0.05) is 45.1 Å². The smallest absolute Gasteiger partial charge is 0.234 e. The van der Waals surface area contributed by atoms with E-state index in [1.54, 1.807) is 0 Å². The Labute approximate surface area is 125 Å². The minimum atomic E-state index is 0. The molecule has 1 saturated carbocycles. The Morgan fingerprint density at radius 2 is 2.35 bits per heavy atom. The van der Waals surface area contributed by atoms with Gasteiger partial charge in [0.1, 0.15) is 5.82 Å². The van der Waals surface area contributed by atoms with E-state index in [2.05, 4.69) is 20.5 Å². The van der Waals surface area contributed by atoms with Crippen LogP contribution in [0.5, 0.6) is 0 Å². The summed E-state index contributed by atoms with van der Waals surface area (Å²) in [6.07, 6.45) is 6.03. The number of aromatic nitrogens is 2. The third-order valence-corrected chi connectivity index (χ3v) is 3.80. The van der Waals surface area contributed by atoms with Gasteiger partial charge in [0.25, 0.3) is 0 Å². The van der Waals surface area contributed by atoms with E-state index in [4.69, 9.17) is 0 Å². The number of halogens is 1. The molecule has 1 aromatic heterocycles. The molecule has 2 heterocycles. The van der Waals surface area contributed by atoms with Crippen LogP contribution in [0.2, 0.25) is 0 Å². The molecule has 2 fully saturated rings. The van der Waals surface area contributed by atoms with Crippen molar-refractivity contribution in [2.24, 2.45) is 7.05 Å². The van der Waals surface area contributed by atoms with Crippen molar-refractivity contribution in [2.45, 2.75) is 24.9 Å². The lowest BCUT2D eigenvalue weighted by atomic mass is 10.1. The summed E-state index contributed by atoms with van der Waals surface area (Å²) >= 11 is 0. The SMILES string of the molecule is Cl.Cn1ccnc1C1CNCCN1CC(=O)NC1CC1. The van der Waals surface area contributed by atoms with Crippen LogP contribution in [0.25, 0.3) is 0 Å². The average Bonchev–Trinajstić information content (AvgIpc) is 3.10. The van der Waals surface area contributed by atoms with Crippen molar-refractivity contribution in [3.63, 3.8) is 0 Å². The summed E-state index contributed by atoms with van der Waals surface area (Å²) in [6.45, 7) is 3.13. The third-order valence-electron chi connectivity index (χ3n) is 3.80. The first-order valence-corrected chi connectivity index (χ1v) is 6.95. The first-order chi connectivity index (χ1) is 9.24. The monoisotopic (exact) mass is 299 g/mol. The number of rotatable bonds is 4. The standard InChI is InChI=1S/C13H21N5O.ClH/c1-17-6-5-15-13(17)11-8-14-4-7-18(11)9-12(19)16-10-2-3-10;/h5-6,10-11,14H,2-4,7-9H2,1H3,(H,16,19);1H. The van der Waals surface area contributed by atoms with E-state index in [9.17, 15) is 4.79 Å². The Kier molecular flexibility index (Phi) is 5.01. The fourth-order valence-corrected chi connectivity index (χ4v) is 2.57. The topological polar surface area (TPSA) is 62.2 Å². The summed E-state index contributed by atoms with van der Waals surface area (Å²) < 4.78 is 2.03. The molecule has 0 spiro atoms. The Bertz CT molecular complexity index is 459. The van der Waals surface area contributed by atoms with E-state index in [0.717, 1.165) is 38.3 Å². The molecule has 0 bridgehead atoms. The van der Waals surface area contributed by atoms with Crippen LogP contribution in [0.4, 0.5) is 0 Å². The maximum absolute atomic E-state index is 12.0. The number of amides is 1. The normalized spacial score (nSPS) is 23.1. The maximum atomic E-state index is 12.0. The van der Waals surface area contributed by atoms with Crippen molar-refractivity contribution in [2.75, 3.05) is 26.2 Å². The zero-order valence-corrected chi connectivity index (χ0v) is 12.5. The van der Waals surface area contributed by atoms with Crippen molar-refractivity contribution in [1.29, 1.82) is 0 Å². The molecule has 1 amide bonds. The molecule has 1 atom stereocenters. The zero-order chi connectivity index (χ0) is 13.2. The number of hydrogen-bond acceptors (Lipinski definition) is 4. The van der Waals surface area contributed by atoms with Gasteiger partial charge < -0.3 is 15.2 Å². The molecule has 1 saturated heterocycles.